The molecule has 0 saturated carbocycles. The van der Waals surface area contributed by atoms with Crippen molar-refractivity contribution in [2.45, 2.75) is 13.5 Å². The van der Waals surface area contributed by atoms with E-state index in [1.54, 1.807) is 29.8 Å². The molecule has 0 bridgehead atoms. The largest absolute Gasteiger partial charge is 0.310 e. The van der Waals surface area contributed by atoms with Gasteiger partial charge in [-0.15, -0.1) is 11.3 Å². The second-order valence-electron chi connectivity index (χ2n) is 3.86. The predicted molar refractivity (Wildman–Crippen MR) is 70.5 cm³/mol. The highest BCUT2D eigenvalue weighted by Crippen LogP contribution is 2.16. The number of nitrogens with zero attached hydrogens (tertiary/aromatic N) is 1. The molecular weight excluding hydrogens is 250 g/mol. The standard InChI is InChI=1S/C12H13N3O2S/c1-8-3-2-6-15(12(8)17)7-9-4-5-10(18-9)11(16)14-13/h2-6H,7,13H2,1H3,(H,14,16). The minimum absolute atomic E-state index is 0.0178. The van der Waals surface area contributed by atoms with Gasteiger partial charge in [0, 0.05) is 16.6 Å². The Hall–Kier alpha value is -1.92. The Balaban J connectivity index is 2.24. The molecule has 0 radical (unpaired) electrons. The summed E-state index contributed by atoms with van der Waals surface area (Å²) in [6.45, 7) is 2.24. The molecule has 3 N–H and O–H groups in total. The van der Waals surface area contributed by atoms with Crippen molar-refractivity contribution >= 4 is 17.2 Å². The number of hydrogen-bond donors (Lipinski definition) is 2. The van der Waals surface area contributed by atoms with Gasteiger partial charge in [0.15, 0.2) is 0 Å². The lowest BCUT2D eigenvalue weighted by Crippen LogP contribution is -2.29. The number of aryl methyl sites for hydroxylation is 1. The third-order valence-electron chi connectivity index (χ3n) is 2.55. The zero-order chi connectivity index (χ0) is 13.1. The van der Waals surface area contributed by atoms with Crippen LogP contribution in [0.15, 0.2) is 35.3 Å². The van der Waals surface area contributed by atoms with Crippen molar-refractivity contribution in [1.82, 2.24) is 9.99 Å². The van der Waals surface area contributed by atoms with Crippen LogP contribution in [-0.4, -0.2) is 10.5 Å². The average molecular weight is 263 g/mol. The molecular formula is C12H13N3O2S. The summed E-state index contributed by atoms with van der Waals surface area (Å²) in [5.74, 6) is 4.74. The van der Waals surface area contributed by atoms with Gasteiger partial charge in [0.25, 0.3) is 11.5 Å². The number of rotatable bonds is 3. The normalized spacial score (nSPS) is 10.3. The first-order valence-electron chi connectivity index (χ1n) is 5.37. The van der Waals surface area contributed by atoms with E-state index in [1.807, 2.05) is 12.1 Å². The molecule has 0 saturated heterocycles. The van der Waals surface area contributed by atoms with Crippen molar-refractivity contribution < 1.29 is 4.79 Å². The molecule has 0 spiro atoms. The van der Waals surface area contributed by atoms with Gasteiger partial charge >= 0.3 is 0 Å². The van der Waals surface area contributed by atoms with E-state index in [0.29, 0.717) is 17.0 Å². The summed E-state index contributed by atoms with van der Waals surface area (Å²) in [5, 5.41) is 0. The minimum Gasteiger partial charge on any atom is -0.310 e. The monoisotopic (exact) mass is 263 g/mol. The van der Waals surface area contributed by atoms with Crippen LogP contribution >= 0.6 is 11.3 Å². The molecule has 2 aromatic heterocycles. The highest BCUT2D eigenvalue weighted by atomic mass is 32.1. The fraction of sp³-hybridized carbons (Fsp3) is 0.167. The fourth-order valence-corrected chi connectivity index (χ4v) is 2.52. The van der Waals surface area contributed by atoms with E-state index < -0.39 is 0 Å². The number of pyridine rings is 1. The maximum Gasteiger partial charge on any atom is 0.275 e. The van der Waals surface area contributed by atoms with E-state index >= 15 is 0 Å². The van der Waals surface area contributed by atoms with Crippen LogP contribution in [0.2, 0.25) is 0 Å². The molecule has 0 aliphatic rings. The fourth-order valence-electron chi connectivity index (χ4n) is 1.61. The van der Waals surface area contributed by atoms with Crippen LogP contribution in [-0.2, 0) is 6.54 Å². The highest BCUT2D eigenvalue weighted by molar-refractivity contribution is 7.14. The first kappa shape index (κ1) is 12.5. The molecule has 18 heavy (non-hydrogen) atoms. The molecule has 2 rings (SSSR count). The second kappa shape index (κ2) is 5.16. The molecule has 1 amide bonds. The van der Waals surface area contributed by atoms with Gasteiger partial charge in [-0.2, -0.15) is 0 Å². The average Bonchev–Trinajstić information content (AvgIpc) is 2.82. The molecule has 0 aliphatic carbocycles. The van der Waals surface area contributed by atoms with Crippen LogP contribution in [0, 0.1) is 6.92 Å². The summed E-state index contributed by atoms with van der Waals surface area (Å²) in [5.41, 5.74) is 2.77. The highest BCUT2D eigenvalue weighted by Gasteiger charge is 2.08. The number of aromatic nitrogens is 1. The lowest BCUT2D eigenvalue weighted by molar-refractivity contribution is 0.0957. The van der Waals surface area contributed by atoms with Crippen LogP contribution in [0.3, 0.4) is 0 Å². The number of carbonyl (C=O) groups is 1. The summed E-state index contributed by atoms with van der Waals surface area (Å²) in [6.07, 6.45) is 1.73. The Bertz CT molecular complexity index is 630. The van der Waals surface area contributed by atoms with Gasteiger partial charge in [0.2, 0.25) is 0 Å². The Morgan fingerprint density at radius 1 is 1.44 bits per heavy atom. The van der Waals surface area contributed by atoms with Gasteiger partial charge < -0.3 is 4.57 Å². The summed E-state index contributed by atoms with van der Waals surface area (Å²) >= 11 is 1.32. The first-order chi connectivity index (χ1) is 8.61. The topological polar surface area (TPSA) is 77.1 Å². The summed E-state index contributed by atoms with van der Waals surface area (Å²) in [4.78, 5) is 24.6. The maximum atomic E-state index is 11.8. The zero-order valence-electron chi connectivity index (χ0n) is 9.84. The number of thiophene rings is 1. The molecule has 0 unspecified atom stereocenters. The van der Waals surface area contributed by atoms with E-state index in [0.717, 1.165) is 4.88 Å². The molecule has 2 aromatic rings. The summed E-state index contributed by atoms with van der Waals surface area (Å²) < 4.78 is 1.62. The van der Waals surface area contributed by atoms with Crippen molar-refractivity contribution in [3.63, 3.8) is 0 Å². The number of carbonyl (C=O) groups excluding carboxylic acids is 1. The van der Waals surface area contributed by atoms with Gasteiger partial charge in [-0.1, -0.05) is 6.07 Å². The van der Waals surface area contributed by atoms with Crippen LogP contribution in [0.1, 0.15) is 20.1 Å². The van der Waals surface area contributed by atoms with Crippen molar-refractivity contribution in [3.05, 3.63) is 56.1 Å². The van der Waals surface area contributed by atoms with Crippen LogP contribution in [0.4, 0.5) is 0 Å². The van der Waals surface area contributed by atoms with E-state index in [4.69, 9.17) is 5.84 Å². The summed E-state index contributed by atoms with van der Waals surface area (Å²) in [7, 11) is 0. The third kappa shape index (κ3) is 2.49. The number of nitrogens with two attached hydrogens (primary N) is 1. The second-order valence-corrected chi connectivity index (χ2v) is 5.03. The Morgan fingerprint density at radius 2 is 2.22 bits per heavy atom. The van der Waals surface area contributed by atoms with Gasteiger partial charge in [0.05, 0.1) is 11.4 Å². The smallest absolute Gasteiger partial charge is 0.275 e. The minimum atomic E-state index is -0.317. The molecule has 2 heterocycles. The SMILES string of the molecule is Cc1cccn(Cc2ccc(C(=O)NN)s2)c1=O. The van der Waals surface area contributed by atoms with E-state index in [1.165, 1.54) is 11.3 Å². The number of nitrogens with one attached hydrogen (secondary N) is 1. The van der Waals surface area contributed by atoms with E-state index in [9.17, 15) is 9.59 Å². The number of nitrogen functional groups attached to an aromatic ring is 1. The zero-order valence-corrected chi connectivity index (χ0v) is 10.7. The van der Waals surface area contributed by atoms with E-state index in [-0.39, 0.29) is 11.5 Å². The lowest BCUT2D eigenvalue weighted by Gasteiger charge is -2.04. The maximum absolute atomic E-state index is 11.8. The Kier molecular flexibility index (Phi) is 3.59. The van der Waals surface area contributed by atoms with Crippen molar-refractivity contribution in [2.24, 2.45) is 5.84 Å². The van der Waals surface area contributed by atoms with Crippen LogP contribution in [0.5, 0.6) is 0 Å². The van der Waals surface area contributed by atoms with E-state index in [2.05, 4.69) is 5.43 Å². The van der Waals surface area contributed by atoms with Gasteiger partial charge in [-0.05, 0) is 25.1 Å². The molecule has 6 heteroatoms. The molecule has 0 aromatic carbocycles. The van der Waals surface area contributed by atoms with Crippen LogP contribution in [0.25, 0.3) is 0 Å². The lowest BCUT2D eigenvalue weighted by atomic mass is 10.3. The number of hydrazine groups is 1. The van der Waals surface area contributed by atoms with Crippen molar-refractivity contribution in [2.75, 3.05) is 0 Å². The molecule has 0 aliphatic heterocycles. The van der Waals surface area contributed by atoms with Crippen molar-refractivity contribution in [3.8, 4) is 0 Å². The Labute approximate surface area is 108 Å². The summed E-state index contributed by atoms with van der Waals surface area (Å²) in [6, 6.07) is 7.13. The number of amides is 1. The molecule has 0 fully saturated rings. The third-order valence-corrected chi connectivity index (χ3v) is 3.62. The first-order valence-corrected chi connectivity index (χ1v) is 6.19. The van der Waals surface area contributed by atoms with Gasteiger partial charge in [0.1, 0.15) is 0 Å². The quantitative estimate of drug-likeness (QED) is 0.490. The number of hydrogen-bond acceptors (Lipinski definition) is 4. The molecule has 94 valence electrons. The molecule has 5 nitrogen and oxygen atoms in total. The molecule has 0 atom stereocenters. The van der Waals surface area contributed by atoms with Crippen LogP contribution < -0.4 is 16.8 Å². The predicted octanol–water partition coefficient (Wildman–Crippen LogP) is 0.870. The Morgan fingerprint density at radius 3 is 2.94 bits per heavy atom. The van der Waals surface area contributed by atoms with Crippen molar-refractivity contribution in [1.29, 1.82) is 0 Å². The van der Waals surface area contributed by atoms with Gasteiger partial charge in [-0.25, -0.2) is 5.84 Å². The van der Waals surface area contributed by atoms with Gasteiger partial charge in [-0.3, -0.25) is 15.0 Å².